The van der Waals surface area contributed by atoms with Crippen molar-refractivity contribution in [3.05, 3.63) is 65.2 Å². The van der Waals surface area contributed by atoms with E-state index in [-0.39, 0.29) is 5.75 Å². The van der Waals surface area contributed by atoms with Gasteiger partial charge in [-0.15, -0.1) is 21.5 Å². The van der Waals surface area contributed by atoms with Crippen LogP contribution >= 0.6 is 11.3 Å². The summed E-state index contributed by atoms with van der Waals surface area (Å²) >= 11 is 1.64. The number of hydrogen-bond donors (Lipinski definition) is 1. The second kappa shape index (κ2) is 5.93. The number of furan rings is 1. The molecule has 0 fully saturated rings. The molecule has 5 heteroatoms. The van der Waals surface area contributed by atoms with Gasteiger partial charge in [0.25, 0.3) is 0 Å². The Morgan fingerprint density at radius 3 is 2.67 bits per heavy atom. The van der Waals surface area contributed by atoms with Gasteiger partial charge in [-0.2, -0.15) is 0 Å². The number of nitrogens with zero attached hydrogens (tertiary/aromatic N) is 2. The van der Waals surface area contributed by atoms with Crippen LogP contribution < -0.4 is 0 Å². The fourth-order valence-corrected chi connectivity index (χ4v) is 4.48. The number of thiophene rings is 1. The lowest BCUT2D eigenvalue weighted by Gasteiger charge is -2.09. The Morgan fingerprint density at radius 2 is 1.81 bits per heavy atom. The monoisotopic (exact) mass is 372 g/mol. The number of aromatic hydroxyl groups is 1. The van der Waals surface area contributed by atoms with Gasteiger partial charge in [0.2, 0.25) is 0 Å². The minimum atomic E-state index is 0.183. The Hall–Kier alpha value is -3.18. The maximum atomic E-state index is 10.7. The van der Waals surface area contributed by atoms with E-state index in [4.69, 9.17) is 4.42 Å². The van der Waals surface area contributed by atoms with Gasteiger partial charge in [0, 0.05) is 16.5 Å². The second-order valence-electron chi connectivity index (χ2n) is 6.66. The summed E-state index contributed by atoms with van der Waals surface area (Å²) in [7, 11) is 0. The van der Waals surface area contributed by atoms with E-state index < -0.39 is 0 Å². The summed E-state index contributed by atoms with van der Waals surface area (Å²) in [5.41, 5.74) is 7.30. The number of fused-ring (bicyclic) bond motifs is 2. The highest BCUT2D eigenvalue weighted by Gasteiger charge is 2.18. The van der Waals surface area contributed by atoms with Crippen LogP contribution in [0.2, 0.25) is 0 Å². The third-order valence-electron chi connectivity index (χ3n) is 4.94. The number of hydrogen-bond acceptors (Lipinski definition) is 5. The van der Waals surface area contributed by atoms with Crippen molar-refractivity contribution in [1.82, 2.24) is 10.2 Å². The quantitative estimate of drug-likeness (QED) is 0.407. The van der Waals surface area contributed by atoms with Crippen LogP contribution in [-0.4, -0.2) is 15.3 Å². The zero-order valence-electron chi connectivity index (χ0n) is 14.9. The average molecular weight is 372 g/mol. The lowest BCUT2D eigenvalue weighted by Crippen LogP contribution is -1.92. The molecule has 0 saturated carbocycles. The van der Waals surface area contributed by atoms with E-state index in [1.54, 1.807) is 23.7 Å². The largest absolute Gasteiger partial charge is 0.506 e. The van der Waals surface area contributed by atoms with Crippen LogP contribution in [0.5, 0.6) is 5.75 Å². The van der Waals surface area contributed by atoms with Gasteiger partial charge in [-0.05, 0) is 48.7 Å². The van der Waals surface area contributed by atoms with Gasteiger partial charge in [0.05, 0.1) is 22.0 Å². The number of phenols is 1. The normalized spacial score (nSPS) is 11.5. The summed E-state index contributed by atoms with van der Waals surface area (Å²) in [6.45, 7) is 4.04. The number of aryl methyl sites for hydroxylation is 2. The van der Waals surface area contributed by atoms with Crippen LogP contribution in [0.4, 0.5) is 0 Å². The molecule has 2 aromatic carbocycles. The Labute approximate surface area is 159 Å². The molecule has 0 aliphatic heterocycles. The maximum absolute atomic E-state index is 10.7. The van der Waals surface area contributed by atoms with Crippen molar-refractivity contribution in [2.24, 2.45) is 0 Å². The third kappa shape index (κ3) is 2.43. The van der Waals surface area contributed by atoms with Crippen molar-refractivity contribution in [2.75, 3.05) is 0 Å². The third-order valence-corrected chi connectivity index (χ3v) is 5.86. The molecular formula is C22H16N2O2S. The van der Waals surface area contributed by atoms with Gasteiger partial charge in [-0.1, -0.05) is 24.3 Å². The van der Waals surface area contributed by atoms with Crippen molar-refractivity contribution in [3.63, 3.8) is 0 Å². The summed E-state index contributed by atoms with van der Waals surface area (Å²) < 4.78 is 6.46. The molecule has 1 N–H and O–H groups in total. The molecule has 0 bridgehead atoms. The van der Waals surface area contributed by atoms with Crippen molar-refractivity contribution >= 4 is 32.5 Å². The summed E-state index contributed by atoms with van der Waals surface area (Å²) in [5, 5.41) is 22.5. The van der Waals surface area contributed by atoms with E-state index in [0.717, 1.165) is 21.3 Å². The Morgan fingerprint density at radius 1 is 0.963 bits per heavy atom. The molecule has 0 amide bonds. The molecule has 0 aliphatic rings. The van der Waals surface area contributed by atoms with Crippen LogP contribution in [-0.2, 0) is 0 Å². The van der Waals surface area contributed by atoms with E-state index in [9.17, 15) is 5.11 Å². The SMILES string of the molecule is Cc1ccccc1-c1csc2cc(-c3c(C)cc4occc4c3O)nnc12. The van der Waals surface area contributed by atoms with Gasteiger partial charge >= 0.3 is 0 Å². The van der Waals surface area contributed by atoms with Gasteiger partial charge < -0.3 is 9.52 Å². The van der Waals surface area contributed by atoms with Crippen LogP contribution in [0, 0.1) is 13.8 Å². The van der Waals surface area contributed by atoms with Crippen LogP contribution in [0.1, 0.15) is 11.1 Å². The molecule has 3 aromatic heterocycles. The van der Waals surface area contributed by atoms with Gasteiger partial charge in [0.15, 0.2) is 0 Å². The van der Waals surface area contributed by atoms with Crippen LogP contribution in [0.15, 0.2) is 58.5 Å². The minimum absolute atomic E-state index is 0.183. The topological polar surface area (TPSA) is 59.2 Å². The smallest absolute Gasteiger partial charge is 0.137 e. The summed E-state index contributed by atoms with van der Waals surface area (Å²) in [6.07, 6.45) is 1.58. The van der Waals surface area contributed by atoms with Gasteiger partial charge in [-0.25, -0.2) is 0 Å². The van der Waals surface area contributed by atoms with Gasteiger partial charge in [-0.3, -0.25) is 0 Å². The molecule has 0 unspecified atom stereocenters. The minimum Gasteiger partial charge on any atom is -0.506 e. The molecule has 0 radical (unpaired) electrons. The first-order valence-corrected chi connectivity index (χ1v) is 9.52. The molecule has 3 heterocycles. The molecule has 0 spiro atoms. The number of phenolic OH excluding ortho intramolecular Hbond substituents is 1. The second-order valence-corrected chi connectivity index (χ2v) is 7.57. The molecular weight excluding hydrogens is 356 g/mol. The maximum Gasteiger partial charge on any atom is 0.137 e. The molecule has 0 aliphatic carbocycles. The van der Waals surface area contributed by atoms with E-state index in [1.165, 1.54) is 11.1 Å². The summed E-state index contributed by atoms with van der Waals surface area (Å²) in [6, 6.07) is 14.0. The first kappa shape index (κ1) is 16.0. The predicted octanol–water partition coefficient (Wildman–Crippen LogP) is 6.09. The highest BCUT2D eigenvalue weighted by atomic mass is 32.1. The fourth-order valence-electron chi connectivity index (χ4n) is 3.56. The molecule has 5 aromatic rings. The summed E-state index contributed by atoms with van der Waals surface area (Å²) in [4.78, 5) is 0. The standard InChI is InChI=1S/C22H16N2O2S/c1-12-5-3-4-6-14(12)16-11-27-19-10-17(23-24-21(16)19)20-13(2)9-18-15(22(20)25)7-8-26-18/h3-11,25H,1-2H3. The van der Waals surface area contributed by atoms with Crippen molar-refractivity contribution in [3.8, 4) is 28.1 Å². The van der Waals surface area contributed by atoms with E-state index >= 15 is 0 Å². The highest BCUT2D eigenvalue weighted by Crippen LogP contribution is 2.40. The predicted molar refractivity (Wildman–Crippen MR) is 109 cm³/mol. The molecule has 4 nitrogen and oxygen atoms in total. The van der Waals surface area contributed by atoms with Crippen molar-refractivity contribution < 1.29 is 9.52 Å². The zero-order chi connectivity index (χ0) is 18.5. The van der Waals surface area contributed by atoms with Crippen molar-refractivity contribution in [2.45, 2.75) is 13.8 Å². The Bertz CT molecular complexity index is 1320. The number of aromatic nitrogens is 2. The Kier molecular flexibility index (Phi) is 3.52. The number of benzene rings is 2. The van der Waals surface area contributed by atoms with Gasteiger partial charge in [0.1, 0.15) is 16.8 Å². The molecule has 0 atom stereocenters. The molecule has 5 rings (SSSR count). The van der Waals surface area contributed by atoms with Crippen molar-refractivity contribution in [1.29, 1.82) is 0 Å². The lowest BCUT2D eigenvalue weighted by molar-refractivity contribution is 0.482. The van der Waals surface area contributed by atoms with Crippen LogP contribution in [0.3, 0.4) is 0 Å². The van der Waals surface area contributed by atoms with E-state index in [0.29, 0.717) is 22.2 Å². The highest BCUT2D eigenvalue weighted by molar-refractivity contribution is 7.17. The van der Waals surface area contributed by atoms with E-state index in [2.05, 4.69) is 34.6 Å². The first-order chi connectivity index (χ1) is 13.1. The number of rotatable bonds is 2. The van der Waals surface area contributed by atoms with E-state index in [1.807, 2.05) is 31.2 Å². The molecule has 132 valence electrons. The summed E-state index contributed by atoms with van der Waals surface area (Å²) in [5.74, 6) is 0.183. The molecule has 27 heavy (non-hydrogen) atoms. The lowest BCUT2D eigenvalue weighted by atomic mass is 10.0. The van der Waals surface area contributed by atoms with Crippen LogP contribution in [0.25, 0.3) is 43.6 Å². The zero-order valence-corrected chi connectivity index (χ0v) is 15.7. The first-order valence-electron chi connectivity index (χ1n) is 8.64. The Balaban J connectivity index is 1.70. The average Bonchev–Trinajstić information content (AvgIpc) is 3.29. The fraction of sp³-hybridized carbons (Fsp3) is 0.0909. The molecule has 0 saturated heterocycles.